The summed E-state index contributed by atoms with van der Waals surface area (Å²) < 4.78 is 0. The van der Waals surface area contributed by atoms with Crippen LogP contribution >= 0.6 is 22.9 Å². The van der Waals surface area contributed by atoms with Gasteiger partial charge in [-0.15, -0.1) is 0 Å². The van der Waals surface area contributed by atoms with E-state index >= 15 is 0 Å². The molecule has 0 atom stereocenters. The number of amides is 1. The van der Waals surface area contributed by atoms with Crippen molar-refractivity contribution in [3.63, 3.8) is 0 Å². The predicted octanol–water partition coefficient (Wildman–Crippen LogP) is 6.54. The smallest absolute Gasteiger partial charge is 0.267 e. The van der Waals surface area contributed by atoms with E-state index in [-0.39, 0.29) is 5.91 Å². The second-order valence-corrected chi connectivity index (χ2v) is 10.5. The Morgan fingerprint density at radius 1 is 1.03 bits per heavy atom. The van der Waals surface area contributed by atoms with Crippen molar-refractivity contribution >= 4 is 57.0 Å². The first-order valence-electron chi connectivity index (χ1n) is 12.2. The molecular formula is C27H28ClN7OS. The molecule has 10 heteroatoms. The minimum atomic E-state index is -0.267. The fraction of sp³-hybridized carbons (Fsp3) is 0.259. The van der Waals surface area contributed by atoms with Crippen molar-refractivity contribution in [1.29, 1.82) is 0 Å². The maximum atomic E-state index is 12.8. The third kappa shape index (κ3) is 6.43. The fourth-order valence-corrected chi connectivity index (χ4v) is 5.24. The second kappa shape index (κ2) is 11.2. The van der Waals surface area contributed by atoms with Crippen LogP contribution < -0.4 is 16.0 Å². The number of halogens is 1. The molecule has 2 aromatic carbocycles. The van der Waals surface area contributed by atoms with Crippen molar-refractivity contribution < 1.29 is 4.79 Å². The van der Waals surface area contributed by atoms with Gasteiger partial charge in [-0.1, -0.05) is 47.2 Å². The van der Waals surface area contributed by atoms with E-state index in [2.05, 4.69) is 60.1 Å². The van der Waals surface area contributed by atoms with Crippen molar-refractivity contribution in [2.24, 2.45) is 0 Å². The Bertz CT molecular complexity index is 1380. The van der Waals surface area contributed by atoms with Crippen molar-refractivity contribution in [2.75, 3.05) is 29.0 Å². The largest absolute Gasteiger partial charge is 0.340 e. The first kappa shape index (κ1) is 25.1. The van der Waals surface area contributed by atoms with E-state index in [1.165, 1.54) is 49.0 Å². The summed E-state index contributed by atoms with van der Waals surface area (Å²) in [7, 11) is 0. The predicted molar refractivity (Wildman–Crippen MR) is 151 cm³/mol. The third-order valence-electron chi connectivity index (χ3n) is 6.09. The normalized spacial score (nSPS) is 13.5. The number of hydrogen-bond acceptors (Lipinski definition) is 8. The standard InChI is InChI=1S/C27H28ClN7OS/c1-17-6-5-7-21(28)25(17)34-26(36)22-15-29-27(37-22)33-24-14-23(30-18(2)31-24)32-20-10-8-19(9-11-20)16-35-12-3-4-13-35/h5-11,14-15H,3-4,12-13,16H2,1-2H3,(H,34,36)(H2,29,30,31,32,33). The van der Waals surface area contributed by atoms with Crippen molar-refractivity contribution in [2.45, 2.75) is 33.2 Å². The van der Waals surface area contributed by atoms with Gasteiger partial charge in [0, 0.05) is 18.3 Å². The summed E-state index contributed by atoms with van der Waals surface area (Å²) in [5.74, 6) is 1.60. The number of benzene rings is 2. The number of nitrogens with zero attached hydrogens (tertiary/aromatic N) is 4. The average molecular weight is 534 g/mol. The van der Waals surface area contributed by atoms with E-state index in [9.17, 15) is 4.79 Å². The Balaban J connectivity index is 1.23. The molecule has 0 aliphatic carbocycles. The van der Waals surface area contributed by atoms with E-state index in [1.54, 1.807) is 6.07 Å². The molecule has 37 heavy (non-hydrogen) atoms. The minimum Gasteiger partial charge on any atom is -0.340 e. The molecule has 1 aliphatic rings. The van der Waals surface area contributed by atoms with Gasteiger partial charge in [0.25, 0.3) is 5.91 Å². The number of aryl methyl sites for hydroxylation is 2. The van der Waals surface area contributed by atoms with Crippen molar-refractivity contribution in [1.82, 2.24) is 19.9 Å². The highest BCUT2D eigenvalue weighted by Crippen LogP contribution is 2.28. The van der Waals surface area contributed by atoms with Gasteiger partial charge in [0.1, 0.15) is 22.3 Å². The lowest BCUT2D eigenvalue weighted by molar-refractivity contribution is 0.103. The highest BCUT2D eigenvalue weighted by Gasteiger charge is 2.15. The van der Waals surface area contributed by atoms with Crippen LogP contribution in [-0.2, 0) is 6.54 Å². The lowest BCUT2D eigenvalue weighted by Crippen LogP contribution is -2.18. The molecule has 5 rings (SSSR count). The average Bonchev–Trinajstić information content (AvgIpc) is 3.55. The molecule has 190 valence electrons. The van der Waals surface area contributed by atoms with Crippen LogP contribution in [0.1, 0.15) is 39.5 Å². The van der Waals surface area contributed by atoms with Crippen LogP contribution in [0, 0.1) is 13.8 Å². The Morgan fingerprint density at radius 3 is 2.49 bits per heavy atom. The number of hydrogen-bond donors (Lipinski definition) is 3. The minimum absolute atomic E-state index is 0.267. The Kier molecular flexibility index (Phi) is 7.64. The van der Waals surface area contributed by atoms with Gasteiger partial charge in [-0.05, 0) is 69.1 Å². The van der Waals surface area contributed by atoms with Crippen LogP contribution in [0.5, 0.6) is 0 Å². The van der Waals surface area contributed by atoms with Gasteiger partial charge in [-0.3, -0.25) is 9.69 Å². The summed E-state index contributed by atoms with van der Waals surface area (Å²) >= 11 is 7.48. The quantitative estimate of drug-likeness (QED) is 0.237. The lowest BCUT2D eigenvalue weighted by atomic mass is 10.2. The summed E-state index contributed by atoms with van der Waals surface area (Å²) in [6.07, 6.45) is 4.12. The SMILES string of the molecule is Cc1nc(Nc2ccc(CN3CCCC3)cc2)cc(Nc2ncc(C(=O)Nc3c(C)cccc3Cl)s2)n1. The molecule has 0 radical (unpaired) electrons. The second-order valence-electron chi connectivity index (χ2n) is 9.03. The number of carbonyl (C=O) groups is 1. The number of anilines is 5. The zero-order chi connectivity index (χ0) is 25.8. The number of aromatic nitrogens is 3. The maximum Gasteiger partial charge on any atom is 0.267 e. The van der Waals surface area contributed by atoms with E-state index in [4.69, 9.17) is 11.6 Å². The first-order valence-corrected chi connectivity index (χ1v) is 13.4. The van der Waals surface area contributed by atoms with Gasteiger partial charge < -0.3 is 16.0 Å². The van der Waals surface area contributed by atoms with E-state index in [0.717, 1.165) is 17.8 Å². The molecule has 0 bridgehead atoms. The molecule has 0 spiro atoms. The third-order valence-corrected chi connectivity index (χ3v) is 7.32. The summed E-state index contributed by atoms with van der Waals surface area (Å²) in [6, 6.07) is 15.8. The molecule has 2 aromatic heterocycles. The summed E-state index contributed by atoms with van der Waals surface area (Å²) in [5.41, 5.74) is 3.75. The molecule has 4 aromatic rings. The van der Waals surface area contributed by atoms with Crippen LogP contribution in [0.3, 0.4) is 0 Å². The summed E-state index contributed by atoms with van der Waals surface area (Å²) in [6.45, 7) is 7.09. The molecule has 3 heterocycles. The number of para-hydroxylation sites is 1. The molecule has 1 amide bonds. The molecule has 3 N–H and O–H groups in total. The number of thiazole rings is 1. The molecule has 1 saturated heterocycles. The Labute approximate surface area is 225 Å². The zero-order valence-corrected chi connectivity index (χ0v) is 22.3. The highest BCUT2D eigenvalue weighted by atomic mass is 35.5. The molecule has 1 aliphatic heterocycles. The number of nitrogens with one attached hydrogen (secondary N) is 3. The monoisotopic (exact) mass is 533 g/mol. The first-order chi connectivity index (χ1) is 17.9. The molecular weight excluding hydrogens is 506 g/mol. The lowest BCUT2D eigenvalue weighted by Gasteiger charge is -2.15. The molecule has 1 fully saturated rings. The van der Waals surface area contributed by atoms with Crippen LogP contribution in [0.4, 0.5) is 28.1 Å². The highest BCUT2D eigenvalue weighted by molar-refractivity contribution is 7.17. The van der Waals surface area contributed by atoms with Gasteiger partial charge in [0.15, 0.2) is 5.13 Å². The number of likely N-dealkylation sites (tertiary alicyclic amines) is 1. The summed E-state index contributed by atoms with van der Waals surface area (Å²) in [5, 5.41) is 10.5. The Morgan fingerprint density at radius 2 is 1.76 bits per heavy atom. The molecule has 8 nitrogen and oxygen atoms in total. The maximum absolute atomic E-state index is 12.8. The van der Waals surface area contributed by atoms with Crippen LogP contribution in [-0.4, -0.2) is 38.8 Å². The van der Waals surface area contributed by atoms with Crippen molar-refractivity contribution in [3.8, 4) is 0 Å². The van der Waals surface area contributed by atoms with Gasteiger partial charge in [-0.2, -0.15) is 0 Å². The fourth-order valence-electron chi connectivity index (χ4n) is 4.25. The van der Waals surface area contributed by atoms with Crippen molar-refractivity contribution in [3.05, 3.63) is 81.6 Å². The summed E-state index contributed by atoms with van der Waals surface area (Å²) in [4.78, 5) is 29.0. The zero-order valence-electron chi connectivity index (χ0n) is 20.7. The molecule has 0 saturated carbocycles. The van der Waals surface area contributed by atoms with Crippen LogP contribution in [0.25, 0.3) is 0 Å². The van der Waals surface area contributed by atoms with E-state index in [1.807, 2.05) is 32.0 Å². The van der Waals surface area contributed by atoms with E-state index in [0.29, 0.717) is 38.2 Å². The Hall–Kier alpha value is -3.53. The van der Waals surface area contributed by atoms with Gasteiger partial charge >= 0.3 is 0 Å². The van der Waals surface area contributed by atoms with Gasteiger partial charge in [-0.25, -0.2) is 15.0 Å². The van der Waals surface area contributed by atoms with Gasteiger partial charge in [0.05, 0.1) is 16.9 Å². The van der Waals surface area contributed by atoms with Crippen LogP contribution in [0.15, 0.2) is 54.7 Å². The topological polar surface area (TPSA) is 95.1 Å². The number of rotatable bonds is 8. The van der Waals surface area contributed by atoms with E-state index < -0.39 is 0 Å². The van der Waals surface area contributed by atoms with Crippen LogP contribution in [0.2, 0.25) is 5.02 Å². The molecule has 0 unspecified atom stereocenters. The number of carbonyl (C=O) groups excluding carboxylic acids is 1. The van der Waals surface area contributed by atoms with Gasteiger partial charge in [0.2, 0.25) is 0 Å².